The molecule has 0 atom stereocenters. The van der Waals surface area contributed by atoms with Crippen molar-refractivity contribution in [3.8, 4) is 17.5 Å². The minimum absolute atomic E-state index is 0.460. The highest BCUT2D eigenvalue weighted by Crippen LogP contribution is 2.29. The second-order valence-electron chi connectivity index (χ2n) is 3.61. The van der Waals surface area contributed by atoms with Gasteiger partial charge in [0.25, 0.3) is 0 Å². The molecular formula is C13H14N2O2. The third-order valence-electron chi connectivity index (χ3n) is 2.41. The van der Waals surface area contributed by atoms with Crippen LogP contribution >= 0.6 is 0 Å². The molecule has 0 aliphatic heterocycles. The first-order valence-electron chi connectivity index (χ1n) is 5.24. The van der Waals surface area contributed by atoms with Crippen molar-refractivity contribution in [1.29, 1.82) is 0 Å². The van der Waals surface area contributed by atoms with Gasteiger partial charge in [-0.2, -0.15) is 4.98 Å². The van der Waals surface area contributed by atoms with Crippen molar-refractivity contribution in [2.75, 3.05) is 12.8 Å². The first kappa shape index (κ1) is 11.3. The van der Waals surface area contributed by atoms with E-state index in [9.17, 15) is 0 Å². The van der Waals surface area contributed by atoms with Crippen molar-refractivity contribution in [2.24, 2.45) is 0 Å². The van der Waals surface area contributed by atoms with E-state index in [2.05, 4.69) is 4.98 Å². The van der Waals surface area contributed by atoms with E-state index in [1.54, 1.807) is 19.2 Å². The van der Waals surface area contributed by atoms with E-state index in [-0.39, 0.29) is 0 Å². The van der Waals surface area contributed by atoms with Gasteiger partial charge in [0.05, 0.1) is 12.8 Å². The molecule has 0 aliphatic carbocycles. The molecule has 0 fully saturated rings. The third kappa shape index (κ3) is 2.47. The standard InChI is InChI=1S/C13H14N2O2/c1-9-5-3-6-10(13(9)14)17-12-8-4-7-11(15-12)16-2/h3-8H,14H2,1-2H3. The lowest BCUT2D eigenvalue weighted by molar-refractivity contribution is 0.383. The summed E-state index contributed by atoms with van der Waals surface area (Å²) >= 11 is 0. The van der Waals surface area contributed by atoms with Crippen LogP contribution in [0.5, 0.6) is 17.5 Å². The molecule has 88 valence electrons. The largest absolute Gasteiger partial charge is 0.481 e. The number of pyridine rings is 1. The first-order valence-corrected chi connectivity index (χ1v) is 5.24. The van der Waals surface area contributed by atoms with Gasteiger partial charge in [-0.15, -0.1) is 0 Å². The third-order valence-corrected chi connectivity index (χ3v) is 2.41. The molecular weight excluding hydrogens is 216 g/mol. The average molecular weight is 230 g/mol. The normalized spacial score (nSPS) is 10.0. The summed E-state index contributed by atoms with van der Waals surface area (Å²) in [4.78, 5) is 4.16. The van der Waals surface area contributed by atoms with Gasteiger partial charge in [0.15, 0.2) is 5.75 Å². The van der Waals surface area contributed by atoms with Crippen LogP contribution in [0.1, 0.15) is 5.56 Å². The monoisotopic (exact) mass is 230 g/mol. The van der Waals surface area contributed by atoms with E-state index in [1.807, 2.05) is 31.2 Å². The van der Waals surface area contributed by atoms with Crippen LogP contribution in [0.3, 0.4) is 0 Å². The van der Waals surface area contributed by atoms with Gasteiger partial charge in [0, 0.05) is 12.1 Å². The van der Waals surface area contributed by atoms with E-state index in [0.717, 1.165) is 5.56 Å². The molecule has 0 aliphatic rings. The highest BCUT2D eigenvalue weighted by Gasteiger charge is 2.05. The molecule has 2 rings (SSSR count). The van der Waals surface area contributed by atoms with E-state index in [0.29, 0.717) is 23.2 Å². The number of aryl methyl sites for hydroxylation is 1. The molecule has 2 N–H and O–H groups in total. The number of rotatable bonds is 3. The molecule has 0 saturated carbocycles. The van der Waals surface area contributed by atoms with E-state index in [4.69, 9.17) is 15.2 Å². The van der Waals surface area contributed by atoms with Crippen LogP contribution < -0.4 is 15.2 Å². The Morgan fingerprint density at radius 1 is 1.06 bits per heavy atom. The molecule has 0 bridgehead atoms. The Morgan fingerprint density at radius 3 is 2.53 bits per heavy atom. The van der Waals surface area contributed by atoms with Crippen LogP contribution in [0.15, 0.2) is 36.4 Å². The summed E-state index contributed by atoms with van der Waals surface area (Å²) in [6.07, 6.45) is 0. The summed E-state index contributed by atoms with van der Waals surface area (Å²) < 4.78 is 10.6. The van der Waals surface area contributed by atoms with Gasteiger partial charge < -0.3 is 15.2 Å². The van der Waals surface area contributed by atoms with Gasteiger partial charge in [-0.25, -0.2) is 0 Å². The lowest BCUT2D eigenvalue weighted by Gasteiger charge is -2.09. The minimum atomic E-state index is 0.460. The summed E-state index contributed by atoms with van der Waals surface area (Å²) in [7, 11) is 1.56. The molecule has 1 aromatic heterocycles. The van der Waals surface area contributed by atoms with Crippen LogP contribution in [0, 0.1) is 6.92 Å². The van der Waals surface area contributed by atoms with Crippen molar-refractivity contribution in [3.05, 3.63) is 42.0 Å². The predicted molar refractivity (Wildman–Crippen MR) is 66.5 cm³/mol. The predicted octanol–water partition coefficient (Wildman–Crippen LogP) is 2.77. The van der Waals surface area contributed by atoms with E-state index >= 15 is 0 Å². The van der Waals surface area contributed by atoms with Gasteiger partial charge in [0.2, 0.25) is 11.8 Å². The molecule has 0 saturated heterocycles. The van der Waals surface area contributed by atoms with Gasteiger partial charge in [-0.3, -0.25) is 0 Å². The molecule has 1 heterocycles. The molecule has 0 spiro atoms. The Balaban J connectivity index is 2.28. The molecule has 4 heteroatoms. The lowest BCUT2D eigenvalue weighted by Crippen LogP contribution is -1.96. The Hall–Kier alpha value is -2.23. The number of para-hydroxylation sites is 1. The second kappa shape index (κ2) is 4.74. The Labute approximate surface area is 100 Å². The number of methoxy groups -OCH3 is 1. The highest BCUT2D eigenvalue weighted by molar-refractivity contribution is 5.58. The van der Waals surface area contributed by atoms with E-state index < -0.39 is 0 Å². The second-order valence-corrected chi connectivity index (χ2v) is 3.61. The Morgan fingerprint density at radius 2 is 1.76 bits per heavy atom. The summed E-state index contributed by atoms with van der Waals surface area (Å²) in [5.41, 5.74) is 7.52. The zero-order valence-electron chi connectivity index (χ0n) is 9.81. The van der Waals surface area contributed by atoms with Gasteiger partial charge in [-0.05, 0) is 18.6 Å². The maximum atomic E-state index is 5.92. The maximum absolute atomic E-state index is 5.92. The van der Waals surface area contributed by atoms with Crippen LogP contribution in [0.25, 0.3) is 0 Å². The molecule has 0 radical (unpaired) electrons. The van der Waals surface area contributed by atoms with Crippen molar-refractivity contribution >= 4 is 5.69 Å². The summed E-state index contributed by atoms with van der Waals surface area (Å²) in [5, 5.41) is 0. The molecule has 0 unspecified atom stereocenters. The first-order chi connectivity index (χ1) is 8.20. The quantitative estimate of drug-likeness (QED) is 0.824. The summed E-state index contributed by atoms with van der Waals surface area (Å²) in [6.45, 7) is 1.93. The summed E-state index contributed by atoms with van der Waals surface area (Å²) in [6, 6.07) is 11.0. The molecule has 4 nitrogen and oxygen atoms in total. The lowest BCUT2D eigenvalue weighted by atomic mass is 10.2. The van der Waals surface area contributed by atoms with Crippen LogP contribution in [-0.4, -0.2) is 12.1 Å². The van der Waals surface area contributed by atoms with Crippen LogP contribution in [0.2, 0.25) is 0 Å². The molecule has 2 aromatic rings. The number of ether oxygens (including phenoxy) is 2. The SMILES string of the molecule is COc1cccc(Oc2cccc(C)c2N)n1. The molecule has 0 amide bonds. The topological polar surface area (TPSA) is 57.4 Å². The van der Waals surface area contributed by atoms with Crippen molar-refractivity contribution in [2.45, 2.75) is 6.92 Å². The van der Waals surface area contributed by atoms with E-state index in [1.165, 1.54) is 0 Å². The smallest absolute Gasteiger partial charge is 0.222 e. The van der Waals surface area contributed by atoms with Gasteiger partial charge in [0.1, 0.15) is 0 Å². The zero-order valence-corrected chi connectivity index (χ0v) is 9.81. The number of nitrogen functional groups attached to an aromatic ring is 1. The fraction of sp³-hybridized carbons (Fsp3) is 0.154. The van der Waals surface area contributed by atoms with Gasteiger partial charge in [-0.1, -0.05) is 18.2 Å². The number of anilines is 1. The summed E-state index contributed by atoms with van der Waals surface area (Å²) in [5.74, 6) is 1.57. The number of hydrogen-bond acceptors (Lipinski definition) is 4. The van der Waals surface area contributed by atoms with Gasteiger partial charge >= 0.3 is 0 Å². The Bertz CT molecular complexity index is 527. The van der Waals surface area contributed by atoms with Crippen molar-refractivity contribution < 1.29 is 9.47 Å². The number of nitrogens with two attached hydrogens (primary N) is 1. The Kier molecular flexibility index (Phi) is 3.14. The number of aromatic nitrogens is 1. The fourth-order valence-corrected chi connectivity index (χ4v) is 1.42. The van der Waals surface area contributed by atoms with Crippen LogP contribution in [-0.2, 0) is 0 Å². The van der Waals surface area contributed by atoms with Crippen molar-refractivity contribution in [3.63, 3.8) is 0 Å². The fourth-order valence-electron chi connectivity index (χ4n) is 1.42. The zero-order chi connectivity index (χ0) is 12.3. The average Bonchev–Trinajstić information content (AvgIpc) is 2.35. The molecule has 1 aromatic carbocycles. The number of nitrogens with zero attached hydrogens (tertiary/aromatic N) is 1. The number of hydrogen-bond donors (Lipinski definition) is 1. The minimum Gasteiger partial charge on any atom is -0.481 e. The maximum Gasteiger partial charge on any atom is 0.222 e. The van der Waals surface area contributed by atoms with Crippen LogP contribution in [0.4, 0.5) is 5.69 Å². The van der Waals surface area contributed by atoms with Crippen molar-refractivity contribution in [1.82, 2.24) is 4.98 Å². The molecule has 17 heavy (non-hydrogen) atoms. The highest BCUT2D eigenvalue weighted by atomic mass is 16.5. The number of benzene rings is 1.